The van der Waals surface area contributed by atoms with Crippen molar-refractivity contribution < 1.29 is 19.1 Å². The van der Waals surface area contributed by atoms with Crippen LogP contribution in [0, 0.1) is 0 Å². The first-order valence-corrected chi connectivity index (χ1v) is 6.67. The fraction of sp³-hybridized carbons (Fsp3) is 0.118. The number of fused-ring (bicyclic) bond motifs is 1. The lowest BCUT2D eigenvalue weighted by atomic mass is 10.0. The van der Waals surface area contributed by atoms with E-state index in [0.717, 1.165) is 16.5 Å². The zero-order chi connectivity index (χ0) is 14.8. The number of phenols is 1. The summed E-state index contributed by atoms with van der Waals surface area (Å²) in [6, 6.07) is 14.3. The van der Waals surface area contributed by atoms with Crippen molar-refractivity contribution >= 4 is 16.9 Å². The van der Waals surface area contributed by atoms with E-state index in [0.29, 0.717) is 12.2 Å². The van der Waals surface area contributed by atoms with Crippen molar-refractivity contribution in [2.45, 2.75) is 6.92 Å². The van der Waals surface area contributed by atoms with E-state index in [4.69, 9.17) is 9.15 Å². The van der Waals surface area contributed by atoms with Crippen LogP contribution in [0.15, 0.2) is 52.9 Å². The van der Waals surface area contributed by atoms with E-state index in [1.807, 2.05) is 30.3 Å². The van der Waals surface area contributed by atoms with Gasteiger partial charge < -0.3 is 14.3 Å². The lowest BCUT2D eigenvalue weighted by molar-refractivity contribution is 0.0492. The molecule has 0 saturated heterocycles. The van der Waals surface area contributed by atoms with Crippen LogP contribution in [0.25, 0.3) is 22.1 Å². The number of hydrogen-bond acceptors (Lipinski definition) is 4. The van der Waals surface area contributed by atoms with E-state index < -0.39 is 5.97 Å². The summed E-state index contributed by atoms with van der Waals surface area (Å²) in [6.45, 7) is 2.07. The maximum absolute atomic E-state index is 11.7. The Balaban J connectivity index is 2.00. The van der Waals surface area contributed by atoms with Crippen LogP contribution in [0.4, 0.5) is 0 Å². The second-order valence-electron chi connectivity index (χ2n) is 4.63. The first-order chi connectivity index (χ1) is 10.2. The lowest BCUT2D eigenvalue weighted by Crippen LogP contribution is -2.02. The molecule has 0 atom stereocenters. The molecule has 4 heteroatoms. The Hall–Kier alpha value is -2.75. The van der Waals surface area contributed by atoms with E-state index in [2.05, 4.69) is 0 Å². The van der Waals surface area contributed by atoms with Gasteiger partial charge in [-0.3, -0.25) is 0 Å². The first kappa shape index (κ1) is 13.2. The molecule has 0 radical (unpaired) electrons. The van der Waals surface area contributed by atoms with Gasteiger partial charge in [-0.2, -0.15) is 0 Å². The minimum Gasteiger partial charge on any atom is -0.508 e. The van der Waals surface area contributed by atoms with Crippen LogP contribution in [0.1, 0.15) is 17.5 Å². The Bertz CT molecular complexity index is 784. The van der Waals surface area contributed by atoms with Gasteiger partial charge in [0.05, 0.1) is 6.61 Å². The molecule has 4 nitrogen and oxygen atoms in total. The molecule has 0 aliphatic carbocycles. The van der Waals surface area contributed by atoms with Gasteiger partial charge in [0.1, 0.15) is 11.3 Å². The number of carbonyl (C=O) groups excluding carboxylic acids is 1. The van der Waals surface area contributed by atoms with Gasteiger partial charge in [0, 0.05) is 5.39 Å². The predicted octanol–water partition coefficient (Wildman–Crippen LogP) is 3.98. The van der Waals surface area contributed by atoms with Gasteiger partial charge in [0.2, 0.25) is 5.76 Å². The normalized spacial score (nSPS) is 10.7. The Morgan fingerprint density at radius 1 is 1.10 bits per heavy atom. The van der Waals surface area contributed by atoms with Gasteiger partial charge in [0.15, 0.2) is 0 Å². The number of phenolic OH excluding ortho intramolecular Hbond substituents is 1. The largest absolute Gasteiger partial charge is 0.508 e. The van der Waals surface area contributed by atoms with Crippen molar-refractivity contribution in [2.24, 2.45) is 0 Å². The van der Waals surface area contributed by atoms with E-state index in [1.165, 1.54) is 0 Å². The molecular formula is C17H14O4. The summed E-state index contributed by atoms with van der Waals surface area (Å²) in [4.78, 5) is 11.7. The number of hydrogen-bond donors (Lipinski definition) is 1. The molecule has 2 aromatic carbocycles. The summed E-state index contributed by atoms with van der Waals surface area (Å²) in [5, 5.41) is 10.2. The average Bonchev–Trinajstić information content (AvgIpc) is 2.91. The molecule has 0 aliphatic heterocycles. The predicted molar refractivity (Wildman–Crippen MR) is 79.3 cm³/mol. The molecule has 106 valence electrons. The number of esters is 1. The highest BCUT2D eigenvalue weighted by Crippen LogP contribution is 2.28. The van der Waals surface area contributed by atoms with Gasteiger partial charge in [-0.25, -0.2) is 4.79 Å². The highest BCUT2D eigenvalue weighted by molar-refractivity contribution is 5.93. The molecule has 1 aromatic heterocycles. The van der Waals surface area contributed by atoms with Crippen LogP contribution in [0.5, 0.6) is 5.75 Å². The van der Waals surface area contributed by atoms with Crippen LogP contribution in [0.2, 0.25) is 0 Å². The topological polar surface area (TPSA) is 59.7 Å². The number of aromatic hydroxyl groups is 1. The van der Waals surface area contributed by atoms with Gasteiger partial charge in [0.25, 0.3) is 0 Å². The Morgan fingerprint density at radius 3 is 2.52 bits per heavy atom. The lowest BCUT2D eigenvalue weighted by Gasteiger charge is -2.01. The van der Waals surface area contributed by atoms with E-state index in [1.54, 1.807) is 25.1 Å². The minimum atomic E-state index is -0.458. The number of rotatable bonds is 3. The second-order valence-corrected chi connectivity index (χ2v) is 4.63. The third-order valence-corrected chi connectivity index (χ3v) is 3.20. The third kappa shape index (κ3) is 2.60. The monoisotopic (exact) mass is 282 g/mol. The quantitative estimate of drug-likeness (QED) is 0.738. The summed E-state index contributed by atoms with van der Waals surface area (Å²) >= 11 is 0. The Morgan fingerprint density at radius 2 is 1.81 bits per heavy atom. The molecule has 0 bridgehead atoms. The van der Waals surface area contributed by atoms with E-state index >= 15 is 0 Å². The molecule has 0 amide bonds. The van der Waals surface area contributed by atoms with E-state index in [9.17, 15) is 9.90 Å². The van der Waals surface area contributed by atoms with Gasteiger partial charge in [-0.1, -0.05) is 24.3 Å². The number of furan rings is 1. The van der Waals surface area contributed by atoms with Crippen molar-refractivity contribution in [3.8, 4) is 16.9 Å². The fourth-order valence-electron chi connectivity index (χ4n) is 2.17. The minimum absolute atomic E-state index is 0.203. The molecule has 3 aromatic rings. The molecule has 1 N–H and O–H groups in total. The van der Waals surface area contributed by atoms with Crippen LogP contribution >= 0.6 is 0 Å². The SMILES string of the molecule is CCOC(=O)c1cc2ccc(-c3ccc(O)cc3)cc2o1. The van der Waals surface area contributed by atoms with Crippen molar-refractivity contribution in [1.82, 2.24) is 0 Å². The van der Waals surface area contributed by atoms with Crippen LogP contribution in [0.3, 0.4) is 0 Å². The van der Waals surface area contributed by atoms with Gasteiger partial charge in [-0.15, -0.1) is 0 Å². The summed E-state index contributed by atoms with van der Waals surface area (Å²) in [6.07, 6.45) is 0. The van der Waals surface area contributed by atoms with Crippen molar-refractivity contribution in [2.75, 3.05) is 6.61 Å². The van der Waals surface area contributed by atoms with Gasteiger partial charge >= 0.3 is 5.97 Å². The third-order valence-electron chi connectivity index (χ3n) is 3.20. The highest BCUT2D eigenvalue weighted by Gasteiger charge is 2.13. The number of ether oxygens (including phenoxy) is 1. The Labute approximate surface area is 121 Å². The van der Waals surface area contributed by atoms with Crippen LogP contribution < -0.4 is 0 Å². The highest BCUT2D eigenvalue weighted by atomic mass is 16.5. The maximum Gasteiger partial charge on any atom is 0.374 e. The molecule has 3 rings (SSSR count). The molecule has 0 fully saturated rings. The molecule has 0 saturated carbocycles. The molecule has 21 heavy (non-hydrogen) atoms. The number of carbonyl (C=O) groups is 1. The van der Waals surface area contributed by atoms with Crippen molar-refractivity contribution in [3.05, 3.63) is 54.3 Å². The fourth-order valence-corrected chi connectivity index (χ4v) is 2.17. The summed E-state index contributed by atoms with van der Waals surface area (Å²) in [5.74, 6) is -0.0305. The van der Waals surface area contributed by atoms with Crippen molar-refractivity contribution in [1.29, 1.82) is 0 Å². The first-order valence-electron chi connectivity index (χ1n) is 6.67. The van der Waals surface area contributed by atoms with E-state index in [-0.39, 0.29) is 11.5 Å². The van der Waals surface area contributed by atoms with Gasteiger partial charge in [-0.05, 0) is 42.3 Å². The molecule has 1 heterocycles. The Kier molecular flexibility index (Phi) is 3.36. The summed E-state index contributed by atoms with van der Waals surface area (Å²) in [5.41, 5.74) is 2.54. The van der Waals surface area contributed by atoms with Crippen LogP contribution in [-0.2, 0) is 4.74 Å². The molecule has 0 aliphatic rings. The standard InChI is InChI=1S/C17H14O4/c1-2-20-17(19)16-10-13-4-3-12(9-15(13)21-16)11-5-7-14(18)8-6-11/h3-10,18H,2H2,1H3. The molecular weight excluding hydrogens is 268 g/mol. The zero-order valence-corrected chi connectivity index (χ0v) is 11.5. The number of benzene rings is 2. The van der Waals surface area contributed by atoms with Crippen LogP contribution in [-0.4, -0.2) is 17.7 Å². The summed E-state index contributed by atoms with van der Waals surface area (Å²) < 4.78 is 10.5. The smallest absolute Gasteiger partial charge is 0.374 e. The second kappa shape index (κ2) is 5.32. The maximum atomic E-state index is 11.7. The summed E-state index contributed by atoms with van der Waals surface area (Å²) in [7, 11) is 0. The molecule has 0 unspecified atom stereocenters. The zero-order valence-electron chi connectivity index (χ0n) is 11.5. The van der Waals surface area contributed by atoms with Crippen molar-refractivity contribution in [3.63, 3.8) is 0 Å². The molecule has 0 spiro atoms. The average molecular weight is 282 g/mol.